The highest BCUT2D eigenvalue weighted by Gasteiger charge is 2.20. The number of hydrogen-bond acceptors (Lipinski definition) is 5. The minimum absolute atomic E-state index is 0.0541. The Morgan fingerprint density at radius 3 is 2.45 bits per heavy atom. The smallest absolute Gasteiger partial charge is 0.308 e. The third-order valence-corrected chi connectivity index (χ3v) is 8.32. The molecule has 1 saturated heterocycles. The molecule has 0 spiro atoms. The molecule has 3 aromatic rings. The second-order valence-electron chi connectivity index (χ2n) is 8.13. The van der Waals surface area contributed by atoms with Crippen LogP contribution < -0.4 is 14.5 Å². The molecule has 0 unspecified atom stereocenters. The number of piperidine rings is 1. The van der Waals surface area contributed by atoms with E-state index in [9.17, 15) is 13.2 Å². The normalized spacial score (nSPS) is 16.0. The highest BCUT2D eigenvalue weighted by molar-refractivity contribution is 7.89. The summed E-state index contributed by atoms with van der Waals surface area (Å²) in [5, 5.41) is 0. The zero-order valence-corrected chi connectivity index (χ0v) is 19.6. The van der Waals surface area contributed by atoms with E-state index < -0.39 is 10.0 Å². The van der Waals surface area contributed by atoms with Crippen molar-refractivity contribution in [3.05, 3.63) is 57.7 Å². The first-order valence-electron chi connectivity index (χ1n) is 10.9. The fourth-order valence-electron chi connectivity index (χ4n) is 4.14. The predicted molar refractivity (Wildman–Crippen MR) is 128 cm³/mol. The second kappa shape index (κ2) is 9.14. The molecule has 0 bridgehead atoms. The number of sulfonamides is 1. The average Bonchev–Trinajstić information content (AvgIpc) is 3.09. The number of thiazole rings is 1. The Morgan fingerprint density at radius 1 is 1.06 bits per heavy atom. The van der Waals surface area contributed by atoms with Crippen molar-refractivity contribution in [1.82, 2.24) is 9.29 Å². The van der Waals surface area contributed by atoms with Crippen LogP contribution >= 0.6 is 11.3 Å². The maximum absolute atomic E-state index is 13.0. The van der Waals surface area contributed by atoms with E-state index in [0.29, 0.717) is 11.2 Å². The van der Waals surface area contributed by atoms with Gasteiger partial charge in [-0.1, -0.05) is 30.4 Å². The van der Waals surface area contributed by atoms with Gasteiger partial charge in [-0.25, -0.2) is 13.1 Å². The van der Waals surface area contributed by atoms with E-state index in [1.807, 2.05) is 26.0 Å². The van der Waals surface area contributed by atoms with Crippen LogP contribution in [0.2, 0.25) is 0 Å². The number of nitrogens with zero attached hydrogens (tertiary/aromatic N) is 2. The summed E-state index contributed by atoms with van der Waals surface area (Å²) in [4.78, 5) is 14.7. The van der Waals surface area contributed by atoms with Gasteiger partial charge in [-0.3, -0.25) is 9.36 Å². The lowest BCUT2D eigenvalue weighted by Gasteiger charge is -2.29. The van der Waals surface area contributed by atoms with E-state index >= 15 is 0 Å². The highest BCUT2D eigenvalue weighted by atomic mass is 32.2. The average molecular weight is 460 g/mol. The summed E-state index contributed by atoms with van der Waals surface area (Å²) in [5.74, 6) is 0. The van der Waals surface area contributed by atoms with Crippen LogP contribution in [0.25, 0.3) is 10.2 Å². The van der Waals surface area contributed by atoms with Gasteiger partial charge in [0, 0.05) is 31.4 Å². The van der Waals surface area contributed by atoms with E-state index in [1.54, 1.807) is 22.8 Å². The van der Waals surface area contributed by atoms with Crippen molar-refractivity contribution in [3.63, 3.8) is 0 Å². The monoisotopic (exact) mass is 459 g/mol. The minimum atomic E-state index is -3.71. The maximum Gasteiger partial charge on any atom is 0.308 e. The molecule has 0 aliphatic carbocycles. The molecule has 6 nitrogen and oxygen atoms in total. The molecule has 31 heavy (non-hydrogen) atoms. The van der Waals surface area contributed by atoms with Crippen LogP contribution in [0.1, 0.15) is 51.1 Å². The Bertz CT molecular complexity index is 1210. The SMILES string of the molecule is CCCn1c(=O)sc2cc(S(=O)(=O)N[C@H](C)c3ccc(N4CCCCC4)cc3)ccc21. The van der Waals surface area contributed by atoms with Crippen LogP contribution in [-0.2, 0) is 16.6 Å². The number of fused-ring (bicyclic) bond motifs is 1. The number of rotatable bonds is 7. The first kappa shape index (κ1) is 22.0. The lowest BCUT2D eigenvalue weighted by atomic mass is 10.1. The molecule has 0 amide bonds. The summed E-state index contributed by atoms with van der Waals surface area (Å²) in [5.41, 5.74) is 2.90. The molecule has 1 aliphatic heterocycles. The predicted octanol–water partition coefficient (Wildman–Crippen LogP) is 4.50. The molecule has 2 aromatic carbocycles. The van der Waals surface area contributed by atoms with E-state index in [4.69, 9.17) is 0 Å². The van der Waals surface area contributed by atoms with Crippen LogP contribution in [0.5, 0.6) is 0 Å². The summed E-state index contributed by atoms with van der Waals surface area (Å²) >= 11 is 1.09. The Labute approximate surface area is 187 Å². The zero-order valence-electron chi connectivity index (χ0n) is 18.0. The molecule has 0 radical (unpaired) electrons. The Balaban J connectivity index is 1.52. The number of aromatic nitrogens is 1. The molecular weight excluding hydrogens is 430 g/mol. The topological polar surface area (TPSA) is 71.4 Å². The second-order valence-corrected chi connectivity index (χ2v) is 10.8. The van der Waals surface area contributed by atoms with Crippen molar-refractivity contribution in [2.24, 2.45) is 0 Å². The number of benzene rings is 2. The molecule has 0 saturated carbocycles. The molecule has 1 aliphatic rings. The van der Waals surface area contributed by atoms with Gasteiger partial charge in [0.1, 0.15) is 0 Å². The quantitative estimate of drug-likeness (QED) is 0.565. The largest absolute Gasteiger partial charge is 0.372 e. The number of hydrogen-bond donors (Lipinski definition) is 1. The first-order chi connectivity index (χ1) is 14.9. The van der Waals surface area contributed by atoms with E-state index in [-0.39, 0.29) is 15.8 Å². The third-order valence-electron chi connectivity index (χ3n) is 5.84. The summed E-state index contributed by atoms with van der Waals surface area (Å²) in [6, 6.07) is 12.7. The van der Waals surface area contributed by atoms with Crippen molar-refractivity contribution in [2.75, 3.05) is 18.0 Å². The van der Waals surface area contributed by atoms with Crippen LogP contribution in [0, 0.1) is 0 Å². The molecular formula is C23H29N3O3S2. The summed E-state index contributed by atoms with van der Waals surface area (Å²) in [6.45, 7) is 6.65. The molecule has 1 fully saturated rings. The molecule has 166 valence electrons. The standard InChI is InChI=1S/C23H29N3O3S2/c1-3-13-26-21-12-11-20(16-22(21)30-23(26)27)31(28,29)24-17(2)18-7-9-19(10-8-18)25-14-5-4-6-15-25/h7-12,16-17,24H,3-6,13-15H2,1-2H3/t17-/m1/s1. The molecule has 1 atom stereocenters. The molecule has 2 heterocycles. The third kappa shape index (κ3) is 4.71. The molecule has 1 aromatic heterocycles. The van der Waals surface area contributed by atoms with Gasteiger partial charge in [-0.15, -0.1) is 0 Å². The van der Waals surface area contributed by atoms with Crippen molar-refractivity contribution in [2.45, 2.75) is 57.0 Å². The number of nitrogens with one attached hydrogen (secondary N) is 1. The molecule has 8 heteroatoms. The fourth-order valence-corrected chi connectivity index (χ4v) is 6.43. The number of anilines is 1. The van der Waals surface area contributed by atoms with E-state index in [0.717, 1.165) is 41.9 Å². The Kier molecular flexibility index (Phi) is 6.50. The zero-order chi connectivity index (χ0) is 22.0. The summed E-state index contributed by atoms with van der Waals surface area (Å²) in [6.07, 6.45) is 4.58. The van der Waals surface area contributed by atoms with Crippen LogP contribution in [-0.4, -0.2) is 26.1 Å². The lowest BCUT2D eigenvalue weighted by Crippen LogP contribution is -2.29. The first-order valence-corrected chi connectivity index (χ1v) is 13.2. The highest BCUT2D eigenvalue weighted by Crippen LogP contribution is 2.25. The molecule has 4 rings (SSSR count). The van der Waals surface area contributed by atoms with E-state index in [2.05, 4.69) is 21.8 Å². The Hall–Kier alpha value is -2.16. The van der Waals surface area contributed by atoms with Gasteiger partial charge < -0.3 is 4.90 Å². The van der Waals surface area contributed by atoms with Gasteiger partial charge in [0.05, 0.1) is 15.1 Å². The van der Waals surface area contributed by atoms with Crippen molar-refractivity contribution >= 4 is 37.3 Å². The van der Waals surface area contributed by atoms with Crippen molar-refractivity contribution < 1.29 is 8.42 Å². The van der Waals surface area contributed by atoms with Gasteiger partial charge in [-0.2, -0.15) is 0 Å². The van der Waals surface area contributed by atoms with Gasteiger partial charge in [0.25, 0.3) is 0 Å². The van der Waals surface area contributed by atoms with Gasteiger partial charge in [-0.05, 0) is 68.5 Å². The van der Waals surface area contributed by atoms with Crippen molar-refractivity contribution in [1.29, 1.82) is 0 Å². The van der Waals surface area contributed by atoms with E-state index in [1.165, 1.54) is 24.9 Å². The van der Waals surface area contributed by atoms with Crippen LogP contribution in [0.4, 0.5) is 5.69 Å². The Morgan fingerprint density at radius 2 is 1.77 bits per heavy atom. The summed E-state index contributed by atoms with van der Waals surface area (Å²) < 4.78 is 31.2. The minimum Gasteiger partial charge on any atom is -0.372 e. The van der Waals surface area contributed by atoms with Gasteiger partial charge >= 0.3 is 4.87 Å². The maximum atomic E-state index is 13.0. The summed E-state index contributed by atoms with van der Waals surface area (Å²) in [7, 11) is -3.71. The van der Waals surface area contributed by atoms with Gasteiger partial charge in [0.15, 0.2) is 0 Å². The van der Waals surface area contributed by atoms with Crippen LogP contribution in [0.3, 0.4) is 0 Å². The van der Waals surface area contributed by atoms with Gasteiger partial charge in [0.2, 0.25) is 10.0 Å². The molecule has 1 N–H and O–H groups in total. The lowest BCUT2D eigenvalue weighted by molar-refractivity contribution is 0.566. The number of aryl methyl sites for hydroxylation is 1. The van der Waals surface area contributed by atoms with Crippen LogP contribution in [0.15, 0.2) is 52.2 Å². The van der Waals surface area contributed by atoms with Crippen molar-refractivity contribution in [3.8, 4) is 0 Å². The fraction of sp³-hybridized carbons (Fsp3) is 0.435.